The Kier molecular flexibility index (Phi) is 65.7. The zero-order chi connectivity index (χ0) is 70.4. The molecule has 0 spiro atoms. The van der Waals surface area contributed by atoms with Crippen molar-refractivity contribution in [2.24, 2.45) is 0 Å². The topological polar surface area (TPSA) is 237 Å². The summed E-state index contributed by atoms with van der Waals surface area (Å²) < 4.78 is 68.3. The monoisotopic (exact) mass is 1390 g/mol. The van der Waals surface area contributed by atoms with Crippen molar-refractivity contribution in [3.05, 3.63) is 122 Å². The average molecular weight is 1390 g/mol. The van der Waals surface area contributed by atoms with Gasteiger partial charge < -0.3 is 33.8 Å². The number of aliphatic hydroxyl groups excluding tert-OH is 1. The molecule has 0 rings (SSSR count). The van der Waals surface area contributed by atoms with E-state index in [1.54, 1.807) is 0 Å². The third-order valence-electron chi connectivity index (χ3n) is 14.9. The Balaban J connectivity index is 5.42. The van der Waals surface area contributed by atoms with Crippen molar-refractivity contribution in [3.63, 3.8) is 0 Å². The van der Waals surface area contributed by atoms with Crippen molar-refractivity contribution >= 4 is 39.5 Å². The van der Waals surface area contributed by atoms with Gasteiger partial charge in [-0.05, 0) is 154 Å². The summed E-state index contributed by atoms with van der Waals surface area (Å²) in [5, 5.41) is 10.6. The van der Waals surface area contributed by atoms with Gasteiger partial charge in [-0.3, -0.25) is 37.3 Å². The fraction of sp³-hybridized carbons (Fsp3) is 0.688. The summed E-state index contributed by atoms with van der Waals surface area (Å²) in [5.41, 5.74) is 0. The van der Waals surface area contributed by atoms with E-state index in [1.807, 2.05) is 0 Å². The maximum absolute atomic E-state index is 13.0. The molecule has 0 aromatic rings. The van der Waals surface area contributed by atoms with Gasteiger partial charge in [0, 0.05) is 25.7 Å². The van der Waals surface area contributed by atoms with E-state index in [0.29, 0.717) is 25.7 Å². The number of esters is 4. The van der Waals surface area contributed by atoms with Gasteiger partial charge in [-0.2, -0.15) is 0 Å². The molecule has 3 N–H and O–H groups in total. The molecule has 0 heterocycles. The van der Waals surface area contributed by atoms with Crippen LogP contribution in [0.2, 0.25) is 0 Å². The lowest BCUT2D eigenvalue weighted by Gasteiger charge is -2.21. The van der Waals surface area contributed by atoms with Crippen molar-refractivity contribution in [3.8, 4) is 0 Å². The van der Waals surface area contributed by atoms with E-state index < -0.39 is 97.5 Å². The van der Waals surface area contributed by atoms with Crippen LogP contribution in [0.4, 0.5) is 0 Å². The molecule has 0 amide bonds. The first-order valence-corrected chi connectivity index (χ1v) is 39.8. The molecule has 17 nitrogen and oxygen atoms in total. The van der Waals surface area contributed by atoms with Crippen molar-refractivity contribution in [2.75, 3.05) is 39.6 Å². The molecule has 0 aliphatic carbocycles. The van der Waals surface area contributed by atoms with Crippen LogP contribution >= 0.6 is 15.6 Å². The summed E-state index contributed by atoms with van der Waals surface area (Å²) in [4.78, 5) is 72.7. The molecule has 0 radical (unpaired) electrons. The fourth-order valence-corrected chi connectivity index (χ4v) is 10.9. The van der Waals surface area contributed by atoms with Crippen LogP contribution in [0.3, 0.4) is 0 Å². The fourth-order valence-electron chi connectivity index (χ4n) is 9.31. The van der Waals surface area contributed by atoms with Crippen molar-refractivity contribution < 1.29 is 80.2 Å². The predicted molar refractivity (Wildman–Crippen MR) is 390 cm³/mol. The number of ether oxygens (including phenoxy) is 4. The summed E-state index contributed by atoms with van der Waals surface area (Å²) in [6.45, 7) is 4.48. The van der Waals surface area contributed by atoms with E-state index in [4.69, 9.17) is 37.0 Å². The highest BCUT2D eigenvalue weighted by Crippen LogP contribution is 2.45. The van der Waals surface area contributed by atoms with E-state index >= 15 is 0 Å². The molecule has 4 unspecified atom stereocenters. The molecule has 0 fully saturated rings. The number of rotatable bonds is 68. The molecule has 0 aliphatic heterocycles. The molecule has 4 atom stereocenters. The summed E-state index contributed by atoms with van der Waals surface area (Å²) in [6, 6.07) is 0. The van der Waals surface area contributed by atoms with Crippen molar-refractivity contribution in [1.82, 2.24) is 0 Å². The summed E-state index contributed by atoms with van der Waals surface area (Å²) in [6.07, 6.45) is 73.5. The van der Waals surface area contributed by atoms with Crippen LogP contribution in [-0.2, 0) is 65.4 Å². The van der Waals surface area contributed by atoms with Crippen LogP contribution in [0.5, 0.6) is 0 Å². The smallest absolute Gasteiger partial charge is 0.462 e. The second-order valence-electron chi connectivity index (χ2n) is 24.1. The van der Waals surface area contributed by atoms with Gasteiger partial charge in [-0.1, -0.05) is 226 Å². The summed E-state index contributed by atoms with van der Waals surface area (Å²) >= 11 is 0. The standard InChI is InChI=1S/C77H130O17P2/c1-5-9-13-17-21-25-29-33-35-39-41-45-49-53-57-61-74(79)87-67-72(93-76(81)63-59-55-51-47-43-37-31-27-23-19-15-11-7-3)69-91-95(83,84)89-65-71(78)66-90-96(85,86)92-70-73(94-77(82)64-60-56-52-48-44-38-32-28-24-20-16-12-8-4)68-88-75(80)62-58-54-50-46-42-40-36-34-30-26-22-18-14-10-6-2/h9-10,13-14,21-22,25-28,31-36,41-42,45-46,71-73,78H,5-8,11-12,15-20,23-24,29-30,37-40,43-44,47-70H2,1-4H3,(H,83,84)(H,85,86)/b13-9-,14-10-,25-21-,26-22-,31-27-,32-28-,35-33-,36-34-,45-41-,46-42-. The first-order chi connectivity index (χ1) is 46.7. The van der Waals surface area contributed by atoms with E-state index in [1.165, 1.54) is 51.4 Å². The lowest BCUT2D eigenvalue weighted by Crippen LogP contribution is -2.30. The lowest BCUT2D eigenvalue weighted by atomic mass is 10.1. The number of phosphoric acid groups is 2. The van der Waals surface area contributed by atoms with Crippen molar-refractivity contribution in [2.45, 2.75) is 303 Å². The third-order valence-corrected chi connectivity index (χ3v) is 16.8. The quantitative estimate of drug-likeness (QED) is 0.0169. The first-order valence-electron chi connectivity index (χ1n) is 36.8. The van der Waals surface area contributed by atoms with Gasteiger partial charge in [0.05, 0.1) is 26.4 Å². The summed E-state index contributed by atoms with van der Waals surface area (Å²) in [7, 11) is -9.97. The van der Waals surface area contributed by atoms with Gasteiger partial charge in [0.15, 0.2) is 12.2 Å². The molecule has 0 saturated heterocycles. The number of unbranched alkanes of at least 4 members (excludes halogenated alkanes) is 22. The van der Waals surface area contributed by atoms with E-state index in [-0.39, 0.29) is 25.7 Å². The number of hydrogen-bond donors (Lipinski definition) is 3. The Morgan fingerprint density at radius 3 is 0.865 bits per heavy atom. The highest BCUT2D eigenvalue weighted by atomic mass is 31.2. The maximum Gasteiger partial charge on any atom is 0.472 e. The van der Waals surface area contributed by atoms with Gasteiger partial charge in [0.2, 0.25) is 0 Å². The number of allylic oxidation sites excluding steroid dienone is 20. The Morgan fingerprint density at radius 2 is 0.542 bits per heavy atom. The SMILES string of the molecule is CC/C=C\C/C=C\C/C=C\C/C=C\CCCCC(=O)OCC(COP(=O)(O)OCC(O)COP(=O)(O)OCC(COC(=O)CCCC/C=C\C/C=C\C/C=C\C/C=C\CC)OC(=O)CCCCCCC/C=C\CCCCCC)OC(=O)CCCCCCC/C=C\CCCCCC. The molecule has 96 heavy (non-hydrogen) atoms. The molecule has 550 valence electrons. The third kappa shape index (κ3) is 68.0. The molecule has 0 bridgehead atoms. The Labute approximate surface area is 581 Å². The van der Waals surface area contributed by atoms with Crippen LogP contribution < -0.4 is 0 Å². The number of carbonyl (C=O) groups is 4. The summed E-state index contributed by atoms with van der Waals surface area (Å²) in [5.74, 6) is -2.29. The second kappa shape index (κ2) is 69.0. The van der Waals surface area contributed by atoms with Crippen LogP contribution in [0.25, 0.3) is 0 Å². The normalized spacial score (nSPS) is 14.7. The van der Waals surface area contributed by atoms with Crippen LogP contribution in [0.15, 0.2) is 122 Å². The van der Waals surface area contributed by atoms with Crippen LogP contribution in [0.1, 0.15) is 285 Å². The Bertz CT molecular complexity index is 2140. The molecule has 0 aromatic heterocycles. The van der Waals surface area contributed by atoms with Gasteiger partial charge in [-0.15, -0.1) is 0 Å². The second-order valence-corrected chi connectivity index (χ2v) is 27.0. The first kappa shape index (κ1) is 91.5. The van der Waals surface area contributed by atoms with Gasteiger partial charge in [0.1, 0.15) is 19.3 Å². The number of carbonyl (C=O) groups excluding carboxylic acids is 4. The predicted octanol–water partition coefficient (Wildman–Crippen LogP) is 20.8. The average Bonchev–Trinajstić information content (AvgIpc) is 1.14. The van der Waals surface area contributed by atoms with Crippen molar-refractivity contribution in [1.29, 1.82) is 0 Å². The molecule has 0 saturated carbocycles. The maximum atomic E-state index is 13.0. The molecule has 19 heteroatoms. The van der Waals surface area contributed by atoms with E-state index in [2.05, 4.69) is 149 Å². The number of aliphatic hydroxyl groups is 1. The molecule has 0 aromatic carbocycles. The van der Waals surface area contributed by atoms with Gasteiger partial charge in [0.25, 0.3) is 0 Å². The zero-order valence-electron chi connectivity index (χ0n) is 59.8. The van der Waals surface area contributed by atoms with Crippen LogP contribution in [0, 0.1) is 0 Å². The van der Waals surface area contributed by atoms with Gasteiger partial charge >= 0.3 is 39.5 Å². The minimum atomic E-state index is -4.99. The Hall–Kier alpha value is -4.54. The largest absolute Gasteiger partial charge is 0.472 e. The highest BCUT2D eigenvalue weighted by Gasteiger charge is 2.30. The minimum Gasteiger partial charge on any atom is -0.462 e. The Morgan fingerprint density at radius 1 is 0.302 bits per heavy atom. The molecular formula is C77H130O17P2. The number of hydrogen-bond acceptors (Lipinski definition) is 15. The van der Waals surface area contributed by atoms with E-state index in [0.717, 1.165) is 154 Å². The van der Waals surface area contributed by atoms with Crippen LogP contribution in [-0.4, -0.2) is 96.7 Å². The van der Waals surface area contributed by atoms with Gasteiger partial charge in [-0.25, -0.2) is 9.13 Å². The number of phosphoric ester groups is 2. The molecular weight excluding hydrogens is 1260 g/mol. The molecule has 0 aliphatic rings. The zero-order valence-corrected chi connectivity index (χ0v) is 61.5. The highest BCUT2D eigenvalue weighted by molar-refractivity contribution is 7.47. The lowest BCUT2D eigenvalue weighted by molar-refractivity contribution is -0.161. The van der Waals surface area contributed by atoms with E-state index in [9.17, 15) is 43.2 Å². The minimum absolute atomic E-state index is 0.0727.